The SMILES string of the molecule is CNc1nc(SC)nc2nc(-c3ccccc3)nc(C)c12. The molecule has 0 atom stereocenters. The van der Waals surface area contributed by atoms with Gasteiger partial charge < -0.3 is 5.32 Å². The molecule has 0 aliphatic heterocycles. The molecule has 0 unspecified atom stereocenters. The second-order valence-corrected chi connectivity index (χ2v) is 5.28. The van der Waals surface area contributed by atoms with Gasteiger partial charge in [-0.2, -0.15) is 0 Å². The quantitative estimate of drug-likeness (QED) is 0.592. The molecule has 1 N–H and O–H groups in total. The summed E-state index contributed by atoms with van der Waals surface area (Å²) < 4.78 is 0. The molecule has 0 radical (unpaired) electrons. The lowest BCUT2D eigenvalue weighted by atomic mass is 10.2. The normalized spacial score (nSPS) is 10.8. The number of rotatable bonds is 3. The highest BCUT2D eigenvalue weighted by molar-refractivity contribution is 7.98. The summed E-state index contributed by atoms with van der Waals surface area (Å²) in [5.74, 6) is 1.45. The fraction of sp³-hybridized carbons (Fsp3) is 0.200. The third-order valence-corrected chi connectivity index (χ3v) is 3.72. The number of nitrogens with zero attached hydrogens (tertiary/aromatic N) is 4. The van der Waals surface area contributed by atoms with Gasteiger partial charge in [0.1, 0.15) is 5.82 Å². The molecule has 0 bridgehead atoms. The maximum Gasteiger partial charge on any atom is 0.191 e. The first-order valence-electron chi connectivity index (χ1n) is 6.56. The van der Waals surface area contributed by atoms with Gasteiger partial charge in [0.25, 0.3) is 0 Å². The summed E-state index contributed by atoms with van der Waals surface area (Å²) in [5, 5.41) is 4.67. The summed E-state index contributed by atoms with van der Waals surface area (Å²) in [5.41, 5.74) is 2.53. The monoisotopic (exact) mass is 297 g/mol. The number of aryl methyl sites for hydroxylation is 1. The molecule has 0 saturated carbocycles. The highest BCUT2D eigenvalue weighted by Gasteiger charge is 2.13. The van der Waals surface area contributed by atoms with Gasteiger partial charge in [-0.1, -0.05) is 42.1 Å². The van der Waals surface area contributed by atoms with Crippen LogP contribution in [0.5, 0.6) is 0 Å². The summed E-state index contributed by atoms with van der Waals surface area (Å²) in [6.07, 6.45) is 1.95. The van der Waals surface area contributed by atoms with Crippen molar-refractivity contribution in [2.24, 2.45) is 0 Å². The Morgan fingerprint density at radius 3 is 2.43 bits per heavy atom. The highest BCUT2D eigenvalue weighted by Crippen LogP contribution is 2.26. The zero-order valence-corrected chi connectivity index (χ0v) is 12.9. The Morgan fingerprint density at radius 1 is 1.00 bits per heavy atom. The van der Waals surface area contributed by atoms with Crippen LogP contribution in [0.15, 0.2) is 35.5 Å². The number of aromatic nitrogens is 4. The molecule has 0 aliphatic carbocycles. The molecule has 3 rings (SSSR count). The largest absolute Gasteiger partial charge is 0.372 e. The van der Waals surface area contributed by atoms with Crippen molar-refractivity contribution in [2.75, 3.05) is 18.6 Å². The minimum Gasteiger partial charge on any atom is -0.372 e. The van der Waals surface area contributed by atoms with E-state index >= 15 is 0 Å². The summed E-state index contributed by atoms with van der Waals surface area (Å²) in [6.45, 7) is 1.96. The number of nitrogens with one attached hydrogen (secondary N) is 1. The van der Waals surface area contributed by atoms with Gasteiger partial charge in [0.2, 0.25) is 0 Å². The van der Waals surface area contributed by atoms with Gasteiger partial charge in [-0.05, 0) is 13.2 Å². The smallest absolute Gasteiger partial charge is 0.191 e. The van der Waals surface area contributed by atoms with Crippen LogP contribution in [0, 0.1) is 6.92 Å². The predicted octanol–water partition coefficient (Wildman–Crippen LogP) is 3.16. The van der Waals surface area contributed by atoms with Crippen molar-refractivity contribution in [3.8, 4) is 11.4 Å². The van der Waals surface area contributed by atoms with E-state index in [0.717, 1.165) is 22.5 Å². The first kappa shape index (κ1) is 13.8. The molecule has 0 saturated heterocycles. The van der Waals surface area contributed by atoms with Crippen LogP contribution in [-0.4, -0.2) is 33.2 Å². The van der Waals surface area contributed by atoms with Crippen LogP contribution in [0.25, 0.3) is 22.4 Å². The van der Waals surface area contributed by atoms with Crippen molar-refractivity contribution < 1.29 is 0 Å². The molecule has 5 nitrogen and oxygen atoms in total. The van der Waals surface area contributed by atoms with Crippen LogP contribution in [0.2, 0.25) is 0 Å². The van der Waals surface area contributed by atoms with Gasteiger partial charge in [0, 0.05) is 12.6 Å². The standard InChI is InChI=1S/C15H15N5S/c1-9-11-13(16-2)19-15(21-3)20-14(11)18-12(17-9)10-7-5-4-6-8-10/h4-8H,1-3H3,(H,16,17,18,19,20). The third kappa shape index (κ3) is 2.54. The molecule has 2 aromatic heterocycles. The average molecular weight is 297 g/mol. The summed E-state index contributed by atoms with van der Waals surface area (Å²) in [4.78, 5) is 18.2. The molecule has 3 aromatic rings. The number of hydrogen-bond acceptors (Lipinski definition) is 6. The number of benzene rings is 1. The van der Waals surface area contributed by atoms with Crippen molar-refractivity contribution in [3.63, 3.8) is 0 Å². The second-order valence-electron chi connectivity index (χ2n) is 4.51. The highest BCUT2D eigenvalue weighted by atomic mass is 32.2. The van der Waals surface area contributed by atoms with E-state index in [-0.39, 0.29) is 0 Å². The van der Waals surface area contributed by atoms with E-state index in [1.165, 1.54) is 11.8 Å². The molecule has 0 fully saturated rings. The van der Waals surface area contributed by atoms with Crippen LogP contribution >= 0.6 is 11.8 Å². The van der Waals surface area contributed by atoms with E-state index in [2.05, 4.69) is 25.3 Å². The fourth-order valence-corrected chi connectivity index (χ4v) is 2.53. The van der Waals surface area contributed by atoms with Gasteiger partial charge in [-0.25, -0.2) is 19.9 Å². The molecule has 0 spiro atoms. The van der Waals surface area contributed by atoms with Crippen LogP contribution in [0.4, 0.5) is 5.82 Å². The van der Waals surface area contributed by atoms with Gasteiger partial charge >= 0.3 is 0 Å². The van der Waals surface area contributed by atoms with Gasteiger partial charge in [0.15, 0.2) is 16.6 Å². The van der Waals surface area contributed by atoms with Crippen LogP contribution < -0.4 is 5.32 Å². The van der Waals surface area contributed by atoms with Gasteiger partial charge in [0.05, 0.1) is 11.1 Å². The third-order valence-electron chi connectivity index (χ3n) is 3.17. The van der Waals surface area contributed by atoms with Crippen molar-refractivity contribution >= 4 is 28.6 Å². The zero-order chi connectivity index (χ0) is 14.8. The Morgan fingerprint density at radius 2 is 1.76 bits per heavy atom. The van der Waals surface area contributed by atoms with E-state index in [0.29, 0.717) is 16.6 Å². The van der Waals surface area contributed by atoms with E-state index < -0.39 is 0 Å². The van der Waals surface area contributed by atoms with Gasteiger partial charge in [-0.15, -0.1) is 0 Å². The van der Waals surface area contributed by atoms with E-state index in [1.807, 2.05) is 50.6 Å². The van der Waals surface area contributed by atoms with Crippen LogP contribution in [-0.2, 0) is 0 Å². The maximum atomic E-state index is 4.61. The molecule has 21 heavy (non-hydrogen) atoms. The Balaban J connectivity index is 2.28. The lowest BCUT2D eigenvalue weighted by molar-refractivity contribution is 0.980. The summed E-state index contributed by atoms with van der Waals surface area (Å²) in [7, 11) is 1.84. The van der Waals surface area contributed by atoms with Crippen molar-refractivity contribution in [3.05, 3.63) is 36.0 Å². The Labute approximate surface area is 127 Å². The van der Waals surface area contributed by atoms with Crippen molar-refractivity contribution in [1.82, 2.24) is 19.9 Å². The summed E-state index contributed by atoms with van der Waals surface area (Å²) >= 11 is 1.50. The molecule has 0 amide bonds. The number of anilines is 1. The molecular formula is C15H15N5S. The number of hydrogen-bond donors (Lipinski definition) is 1. The number of fused-ring (bicyclic) bond motifs is 1. The summed E-state index contributed by atoms with van der Waals surface area (Å²) in [6, 6.07) is 9.92. The minimum atomic E-state index is 0.671. The van der Waals surface area contributed by atoms with Crippen LogP contribution in [0.1, 0.15) is 5.69 Å². The number of thioether (sulfide) groups is 1. The molecule has 1 aromatic carbocycles. The molecule has 6 heteroatoms. The Bertz CT molecular complexity index is 789. The molecule has 0 aliphatic rings. The van der Waals surface area contributed by atoms with E-state index in [9.17, 15) is 0 Å². The molecule has 2 heterocycles. The Hall–Kier alpha value is -2.21. The van der Waals surface area contributed by atoms with Crippen molar-refractivity contribution in [1.29, 1.82) is 0 Å². The average Bonchev–Trinajstić information content (AvgIpc) is 2.54. The van der Waals surface area contributed by atoms with Crippen molar-refractivity contribution in [2.45, 2.75) is 12.1 Å². The topological polar surface area (TPSA) is 63.6 Å². The maximum absolute atomic E-state index is 4.61. The lowest BCUT2D eigenvalue weighted by Crippen LogP contribution is -2.03. The molecule has 106 valence electrons. The first-order chi connectivity index (χ1) is 10.2. The van der Waals surface area contributed by atoms with Gasteiger partial charge in [-0.3, -0.25) is 0 Å². The Kier molecular flexibility index (Phi) is 3.70. The van der Waals surface area contributed by atoms with E-state index in [1.54, 1.807) is 0 Å². The van der Waals surface area contributed by atoms with E-state index in [4.69, 9.17) is 0 Å². The second kappa shape index (κ2) is 5.65. The minimum absolute atomic E-state index is 0.671. The molecular weight excluding hydrogens is 282 g/mol. The predicted molar refractivity (Wildman–Crippen MR) is 86.6 cm³/mol. The first-order valence-corrected chi connectivity index (χ1v) is 7.79. The van der Waals surface area contributed by atoms with Crippen LogP contribution in [0.3, 0.4) is 0 Å². The fourth-order valence-electron chi connectivity index (χ4n) is 2.17. The lowest BCUT2D eigenvalue weighted by Gasteiger charge is -2.10. The zero-order valence-electron chi connectivity index (χ0n) is 12.1.